The first kappa shape index (κ1) is 12.9. The van der Waals surface area contributed by atoms with Gasteiger partial charge in [-0.3, -0.25) is 0 Å². The Morgan fingerprint density at radius 2 is 2.19 bits per heavy atom. The lowest BCUT2D eigenvalue weighted by atomic mass is 10.2. The van der Waals surface area contributed by atoms with E-state index in [2.05, 4.69) is 0 Å². The number of likely N-dealkylation sites (N-methyl/N-ethyl adjacent to an activating group) is 1. The Kier molecular flexibility index (Phi) is 4.71. The number of benzene rings is 1. The molecule has 0 radical (unpaired) electrons. The molecule has 1 atom stereocenters. The van der Waals surface area contributed by atoms with Crippen molar-refractivity contribution in [1.29, 1.82) is 0 Å². The van der Waals surface area contributed by atoms with Crippen molar-refractivity contribution in [2.75, 3.05) is 25.0 Å². The molecule has 3 nitrogen and oxygen atoms in total. The zero-order chi connectivity index (χ0) is 12.1. The number of rotatable bonds is 5. The average molecular weight is 226 g/mol. The van der Waals surface area contributed by atoms with Crippen molar-refractivity contribution in [2.45, 2.75) is 19.4 Å². The molecule has 0 heterocycles. The van der Waals surface area contributed by atoms with Gasteiger partial charge in [-0.1, -0.05) is 0 Å². The maximum Gasteiger partial charge on any atom is 0.126 e. The molecule has 1 aromatic carbocycles. The van der Waals surface area contributed by atoms with Crippen molar-refractivity contribution >= 4 is 5.69 Å². The fourth-order valence-corrected chi connectivity index (χ4v) is 1.57. The number of nitrogens with two attached hydrogens (primary N) is 1. The fraction of sp³-hybridized carbons (Fsp3) is 0.500. The molecule has 0 fully saturated rings. The SMILES string of the molecule is Cc1cc(N(C)CC(O)CCN)ccc1F. The lowest BCUT2D eigenvalue weighted by Crippen LogP contribution is -2.30. The van der Waals surface area contributed by atoms with Crippen LogP contribution in [-0.2, 0) is 0 Å². The largest absolute Gasteiger partial charge is 0.391 e. The van der Waals surface area contributed by atoms with Crippen molar-refractivity contribution in [3.8, 4) is 0 Å². The molecule has 1 unspecified atom stereocenters. The van der Waals surface area contributed by atoms with Gasteiger partial charge < -0.3 is 15.7 Å². The fourth-order valence-electron chi connectivity index (χ4n) is 1.57. The van der Waals surface area contributed by atoms with Crippen LogP contribution in [0, 0.1) is 12.7 Å². The Balaban J connectivity index is 2.65. The van der Waals surface area contributed by atoms with Crippen LogP contribution >= 0.6 is 0 Å². The molecule has 4 heteroatoms. The Morgan fingerprint density at radius 3 is 2.75 bits per heavy atom. The Labute approximate surface area is 95.7 Å². The zero-order valence-electron chi connectivity index (χ0n) is 9.78. The highest BCUT2D eigenvalue weighted by Gasteiger charge is 2.09. The molecule has 0 bridgehead atoms. The lowest BCUT2D eigenvalue weighted by Gasteiger charge is -2.22. The van der Waals surface area contributed by atoms with Crippen LogP contribution < -0.4 is 10.6 Å². The second-order valence-corrected chi connectivity index (χ2v) is 4.05. The maximum absolute atomic E-state index is 13.1. The lowest BCUT2D eigenvalue weighted by molar-refractivity contribution is 0.174. The van der Waals surface area contributed by atoms with Crippen molar-refractivity contribution < 1.29 is 9.50 Å². The summed E-state index contributed by atoms with van der Waals surface area (Å²) in [6, 6.07) is 4.92. The van der Waals surface area contributed by atoms with Crippen LogP contribution in [0.15, 0.2) is 18.2 Å². The summed E-state index contributed by atoms with van der Waals surface area (Å²) in [5.74, 6) is -0.209. The van der Waals surface area contributed by atoms with Gasteiger partial charge in [-0.2, -0.15) is 0 Å². The van der Waals surface area contributed by atoms with Gasteiger partial charge in [0.1, 0.15) is 5.82 Å². The van der Waals surface area contributed by atoms with Crippen molar-refractivity contribution in [2.24, 2.45) is 5.73 Å². The van der Waals surface area contributed by atoms with Gasteiger partial charge in [0.05, 0.1) is 6.10 Å². The van der Waals surface area contributed by atoms with Gasteiger partial charge >= 0.3 is 0 Å². The molecule has 3 N–H and O–H groups in total. The van der Waals surface area contributed by atoms with Gasteiger partial charge in [0.15, 0.2) is 0 Å². The summed E-state index contributed by atoms with van der Waals surface area (Å²) in [6.45, 7) is 2.70. The van der Waals surface area contributed by atoms with E-state index >= 15 is 0 Å². The summed E-state index contributed by atoms with van der Waals surface area (Å²) in [6.07, 6.45) is 0.130. The third kappa shape index (κ3) is 3.47. The Hall–Kier alpha value is -1.13. The van der Waals surface area contributed by atoms with E-state index in [1.54, 1.807) is 19.1 Å². The maximum atomic E-state index is 13.1. The summed E-state index contributed by atoms with van der Waals surface area (Å²) in [5.41, 5.74) is 6.87. The summed E-state index contributed by atoms with van der Waals surface area (Å²) in [4.78, 5) is 1.90. The van der Waals surface area contributed by atoms with Gasteiger partial charge in [0.25, 0.3) is 0 Å². The minimum atomic E-state index is -0.444. The second kappa shape index (κ2) is 5.82. The molecule has 1 aromatic rings. The number of halogens is 1. The van der Waals surface area contributed by atoms with Gasteiger partial charge in [-0.25, -0.2) is 4.39 Å². The van der Waals surface area contributed by atoms with Crippen LogP contribution in [0.25, 0.3) is 0 Å². The normalized spacial score (nSPS) is 12.6. The highest BCUT2D eigenvalue weighted by atomic mass is 19.1. The van der Waals surface area contributed by atoms with E-state index in [1.165, 1.54) is 6.07 Å². The molecule has 0 aliphatic carbocycles. The molecule has 0 aliphatic heterocycles. The average Bonchev–Trinajstić information content (AvgIpc) is 2.22. The second-order valence-electron chi connectivity index (χ2n) is 4.05. The topological polar surface area (TPSA) is 49.5 Å². The predicted molar refractivity (Wildman–Crippen MR) is 64.1 cm³/mol. The first-order chi connectivity index (χ1) is 7.54. The number of aliphatic hydroxyl groups is 1. The molecule has 0 spiro atoms. The summed E-state index contributed by atoms with van der Waals surface area (Å²) >= 11 is 0. The van der Waals surface area contributed by atoms with Crippen LogP contribution in [0.1, 0.15) is 12.0 Å². The molecule has 90 valence electrons. The van der Waals surface area contributed by atoms with E-state index in [9.17, 15) is 9.50 Å². The third-order valence-corrected chi connectivity index (χ3v) is 2.57. The molecule has 1 rings (SSSR count). The molecule has 0 aliphatic rings. The van der Waals surface area contributed by atoms with Crippen molar-refractivity contribution in [3.63, 3.8) is 0 Å². The molecule has 0 saturated carbocycles. The first-order valence-electron chi connectivity index (χ1n) is 5.40. The number of hydrogen-bond acceptors (Lipinski definition) is 3. The van der Waals surface area contributed by atoms with E-state index in [0.29, 0.717) is 25.1 Å². The summed E-state index contributed by atoms with van der Waals surface area (Å²) in [5, 5.41) is 9.61. The van der Waals surface area contributed by atoms with Crippen LogP contribution in [-0.4, -0.2) is 31.3 Å². The number of nitrogens with zero attached hydrogens (tertiary/aromatic N) is 1. The number of hydrogen-bond donors (Lipinski definition) is 2. The van der Waals surface area contributed by atoms with Crippen LogP contribution in [0.5, 0.6) is 0 Å². The smallest absolute Gasteiger partial charge is 0.126 e. The minimum absolute atomic E-state index is 0.209. The summed E-state index contributed by atoms with van der Waals surface area (Å²) in [7, 11) is 1.87. The van der Waals surface area contributed by atoms with E-state index in [1.807, 2.05) is 11.9 Å². The number of aliphatic hydroxyl groups excluding tert-OH is 1. The van der Waals surface area contributed by atoms with Gasteiger partial charge in [0, 0.05) is 19.3 Å². The van der Waals surface area contributed by atoms with Crippen molar-refractivity contribution in [1.82, 2.24) is 0 Å². The number of anilines is 1. The first-order valence-corrected chi connectivity index (χ1v) is 5.40. The zero-order valence-corrected chi connectivity index (χ0v) is 9.78. The monoisotopic (exact) mass is 226 g/mol. The molecule has 16 heavy (non-hydrogen) atoms. The van der Waals surface area contributed by atoms with E-state index in [0.717, 1.165) is 5.69 Å². The highest BCUT2D eigenvalue weighted by Crippen LogP contribution is 2.17. The number of aryl methyl sites for hydroxylation is 1. The third-order valence-electron chi connectivity index (χ3n) is 2.57. The quantitative estimate of drug-likeness (QED) is 0.795. The van der Waals surface area contributed by atoms with E-state index in [4.69, 9.17) is 5.73 Å². The van der Waals surface area contributed by atoms with E-state index < -0.39 is 6.10 Å². The molecule has 0 aromatic heterocycles. The van der Waals surface area contributed by atoms with E-state index in [-0.39, 0.29) is 5.82 Å². The minimum Gasteiger partial charge on any atom is -0.391 e. The Bertz CT molecular complexity index is 344. The predicted octanol–water partition coefficient (Wildman–Crippen LogP) is 1.28. The van der Waals surface area contributed by atoms with Crippen LogP contribution in [0.4, 0.5) is 10.1 Å². The standard InChI is InChI=1S/C12H19FN2O/c1-9-7-10(3-4-12(9)13)15(2)8-11(16)5-6-14/h3-4,7,11,16H,5-6,8,14H2,1-2H3. The molecular weight excluding hydrogens is 207 g/mol. The molecule has 0 amide bonds. The highest BCUT2D eigenvalue weighted by molar-refractivity contribution is 5.48. The van der Waals surface area contributed by atoms with Gasteiger partial charge in [-0.05, 0) is 43.7 Å². The van der Waals surface area contributed by atoms with Crippen LogP contribution in [0.3, 0.4) is 0 Å². The van der Waals surface area contributed by atoms with Gasteiger partial charge in [-0.15, -0.1) is 0 Å². The van der Waals surface area contributed by atoms with Crippen LogP contribution in [0.2, 0.25) is 0 Å². The molecular formula is C12H19FN2O. The molecule has 0 saturated heterocycles. The van der Waals surface area contributed by atoms with Crippen molar-refractivity contribution in [3.05, 3.63) is 29.6 Å². The Morgan fingerprint density at radius 1 is 1.50 bits per heavy atom. The van der Waals surface area contributed by atoms with Gasteiger partial charge in [0.2, 0.25) is 0 Å². The summed E-state index contributed by atoms with van der Waals surface area (Å²) < 4.78 is 13.1.